The number of halogens is 1. The van der Waals surface area contributed by atoms with E-state index in [2.05, 4.69) is 14.9 Å². The average Bonchev–Trinajstić information content (AvgIpc) is 2.64. The van der Waals surface area contributed by atoms with Gasteiger partial charge in [-0.15, -0.1) is 12.4 Å². The lowest BCUT2D eigenvalue weighted by atomic mass is 10.1. The van der Waals surface area contributed by atoms with Crippen molar-refractivity contribution >= 4 is 34.9 Å². The van der Waals surface area contributed by atoms with Crippen LogP contribution in [0.3, 0.4) is 0 Å². The molecule has 3 rings (SSSR count). The van der Waals surface area contributed by atoms with Crippen molar-refractivity contribution in [1.82, 2.24) is 9.97 Å². The fraction of sp³-hybridized carbons (Fsp3) is 0.526. The van der Waals surface area contributed by atoms with Gasteiger partial charge in [-0.3, -0.25) is 9.78 Å². The Bertz CT molecular complexity index is 764. The molecular weight excluding hydrogens is 368 g/mol. The van der Waals surface area contributed by atoms with E-state index in [0.717, 1.165) is 42.5 Å². The van der Waals surface area contributed by atoms with Crippen LogP contribution in [0.1, 0.15) is 37.2 Å². The number of amides is 1. The molecule has 1 amide bonds. The zero-order valence-corrected chi connectivity index (χ0v) is 16.6. The maximum atomic E-state index is 11.4. The van der Waals surface area contributed by atoms with Crippen LogP contribution in [0.15, 0.2) is 24.5 Å². The van der Waals surface area contributed by atoms with Crippen LogP contribution in [-0.2, 0) is 9.47 Å². The zero-order valence-electron chi connectivity index (χ0n) is 15.8. The summed E-state index contributed by atoms with van der Waals surface area (Å²) in [5, 5.41) is 0.900. The van der Waals surface area contributed by atoms with Crippen LogP contribution in [-0.4, -0.2) is 54.4 Å². The molecule has 1 fully saturated rings. The van der Waals surface area contributed by atoms with Crippen molar-refractivity contribution in [2.75, 3.05) is 31.2 Å². The predicted molar refractivity (Wildman–Crippen MR) is 108 cm³/mol. The van der Waals surface area contributed by atoms with Crippen molar-refractivity contribution in [3.05, 3.63) is 30.2 Å². The Morgan fingerprint density at radius 3 is 2.67 bits per heavy atom. The van der Waals surface area contributed by atoms with Gasteiger partial charge in [0.05, 0.1) is 42.8 Å². The Morgan fingerprint density at radius 2 is 2.00 bits per heavy atom. The third-order valence-corrected chi connectivity index (χ3v) is 4.50. The van der Waals surface area contributed by atoms with E-state index >= 15 is 0 Å². The van der Waals surface area contributed by atoms with Crippen molar-refractivity contribution < 1.29 is 14.3 Å². The maximum Gasteiger partial charge on any atom is 0.267 e. The quantitative estimate of drug-likeness (QED) is 0.726. The van der Waals surface area contributed by atoms with Gasteiger partial charge in [0, 0.05) is 24.7 Å². The summed E-state index contributed by atoms with van der Waals surface area (Å²) < 4.78 is 11.4. The Hall–Kier alpha value is -1.96. The summed E-state index contributed by atoms with van der Waals surface area (Å²) in [5.74, 6) is -0.523. The zero-order chi connectivity index (χ0) is 18.5. The lowest BCUT2D eigenvalue weighted by molar-refractivity contribution is -0.0197. The minimum Gasteiger partial charge on any atom is -0.376 e. The normalized spacial score (nSPS) is 15.1. The number of primary amides is 1. The molecule has 8 heteroatoms. The van der Waals surface area contributed by atoms with Crippen LogP contribution in [0.4, 0.5) is 5.69 Å². The van der Waals surface area contributed by atoms with Gasteiger partial charge in [0.2, 0.25) is 0 Å². The summed E-state index contributed by atoms with van der Waals surface area (Å²) in [7, 11) is 0. The molecule has 2 aromatic heterocycles. The van der Waals surface area contributed by atoms with Crippen molar-refractivity contribution in [2.24, 2.45) is 5.73 Å². The van der Waals surface area contributed by atoms with Crippen molar-refractivity contribution in [1.29, 1.82) is 0 Å². The topological polar surface area (TPSA) is 90.6 Å². The van der Waals surface area contributed by atoms with Crippen molar-refractivity contribution in [3.8, 4) is 0 Å². The molecular formula is C19H27ClN4O3. The third-order valence-electron chi connectivity index (χ3n) is 4.50. The largest absolute Gasteiger partial charge is 0.376 e. The molecule has 148 valence electrons. The number of hydrogen-bond acceptors (Lipinski definition) is 6. The minimum atomic E-state index is -0.523. The number of nitrogens with zero attached hydrogens (tertiary/aromatic N) is 3. The first-order chi connectivity index (χ1) is 12.5. The summed E-state index contributed by atoms with van der Waals surface area (Å²) in [5.41, 5.74) is 7.34. The highest BCUT2D eigenvalue weighted by molar-refractivity contribution is 5.96. The Morgan fingerprint density at radius 1 is 1.26 bits per heavy atom. The van der Waals surface area contributed by atoms with Gasteiger partial charge in [-0.25, -0.2) is 4.98 Å². The molecule has 2 N–H and O–H groups in total. The molecule has 0 aromatic carbocycles. The number of anilines is 1. The van der Waals surface area contributed by atoms with Gasteiger partial charge in [0.1, 0.15) is 5.69 Å². The number of aromatic nitrogens is 2. The van der Waals surface area contributed by atoms with Gasteiger partial charge in [0.25, 0.3) is 5.91 Å². The van der Waals surface area contributed by atoms with Crippen molar-refractivity contribution in [3.63, 3.8) is 0 Å². The van der Waals surface area contributed by atoms with Crippen LogP contribution < -0.4 is 10.6 Å². The first-order valence-corrected chi connectivity index (χ1v) is 9.07. The summed E-state index contributed by atoms with van der Waals surface area (Å²) in [4.78, 5) is 22.4. The SMILES string of the molecule is CC(C)OCCOC1CCN(c2cncc3ccc(C(N)=O)nc23)CC1.Cl. The summed E-state index contributed by atoms with van der Waals surface area (Å²) >= 11 is 0. The van der Waals surface area contributed by atoms with Crippen LogP contribution in [0.5, 0.6) is 0 Å². The molecule has 0 aliphatic carbocycles. The lowest BCUT2D eigenvalue weighted by Gasteiger charge is -2.33. The molecule has 0 unspecified atom stereocenters. The highest BCUT2D eigenvalue weighted by Crippen LogP contribution is 2.27. The number of hydrogen-bond donors (Lipinski definition) is 1. The molecule has 0 saturated carbocycles. The highest BCUT2D eigenvalue weighted by atomic mass is 35.5. The molecule has 0 spiro atoms. The minimum absolute atomic E-state index is 0. The number of fused-ring (bicyclic) bond motifs is 1. The van der Waals surface area contributed by atoms with E-state index in [-0.39, 0.29) is 30.3 Å². The van der Waals surface area contributed by atoms with Gasteiger partial charge in [-0.05, 0) is 38.8 Å². The van der Waals surface area contributed by atoms with Crippen molar-refractivity contribution in [2.45, 2.75) is 38.9 Å². The summed E-state index contributed by atoms with van der Waals surface area (Å²) in [6.45, 7) is 7.02. The Balaban J connectivity index is 0.00000261. The number of carbonyl (C=O) groups is 1. The second-order valence-electron chi connectivity index (χ2n) is 6.77. The number of piperidine rings is 1. The predicted octanol–water partition coefficient (Wildman–Crippen LogP) is 2.56. The fourth-order valence-corrected chi connectivity index (χ4v) is 3.16. The van der Waals surface area contributed by atoms with E-state index in [1.165, 1.54) is 0 Å². The van der Waals surface area contributed by atoms with Crippen LogP contribution >= 0.6 is 12.4 Å². The number of ether oxygens (including phenoxy) is 2. The van der Waals surface area contributed by atoms with Gasteiger partial charge < -0.3 is 20.1 Å². The summed E-state index contributed by atoms with van der Waals surface area (Å²) in [6.07, 6.45) is 5.91. The first-order valence-electron chi connectivity index (χ1n) is 9.07. The second kappa shape index (κ2) is 9.82. The number of carbonyl (C=O) groups excluding carboxylic acids is 1. The molecule has 0 radical (unpaired) electrons. The number of rotatable bonds is 7. The summed E-state index contributed by atoms with van der Waals surface area (Å²) in [6, 6.07) is 3.47. The first kappa shape index (κ1) is 21.3. The van der Waals surface area contributed by atoms with Crippen LogP contribution in [0.25, 0.3) is 10.9 Å². The second-order valence-corrected chi connectivity index (χ2v) is 6.77. The standard InChI is InChI=1S/C19H26N4O3.ClH/c1-13(2)25-9-10-26-15-5-7-23(8-6-15)17-12-21-11-14-3-4-16(19(20)24)22-18(14)17;/h3-4,11-13,15H,5-10H2,1-2H3,(H2,20,24);1H. The molecule has 0 atom stereocenters. The van der Waals surface area contributed by atoms with Crippen LogP contribution in [0, 0.1) is 0 Å². The molecule has 27 heavy (non-hydrogen) atoms. The number of pyridine rings is 2. The van der Waals surface area contributed by atoms with E-state index in [4.69, 9.17) is 15.2 Å². The highest BCUT2D eigenvalue weighted by Gasteiger charge is 2.22. The van der Waals surface area contributed by atoms with Gasteiger partial charge in [-0.2, -0.15) is 0 Å². The van der Waals surface area contributed by atoms with E-state index in [0.29, 0.717) is 13.2 Å². The number of nitrogens with two attached hydrogens (primary N) is 1. The van der Waals surface area contributed by atoms with E-state index in [9.17, 15) is 4.79 Å². The molecule has 1 aliphatic rings. The Labute approximate surface area is 165 Å². The smallest absolute Gasteiger partial charge is 0.267 e. The average molecular weight is 395 g/mol. The molecule has 1 aliphatic heterocycles. The molecule has 2 aromatic rings. The Kier molecular flexibility index (Phi) is 7.77. The van der Waals surface area contributed by atoms with E-state index in [1.807, 2.05) is 19.9 Å². The molecule has 7 nitrogen and oxygen atoms in total. The fourth-order valence-electron chi connectivity index (χ4n) is 3.16. The van der Waals surface area contributed by atoms with Gasteiger partial charge in [0.15, 0.2) is 0 Å². The van der Waals surface area contributed by atoms with Gasteiger partial charge in [-0.1, -0.05) is 0 Å². The molecule has 0 bridgehead atoms. The van der Waals surface area contributed by atoms with Gasteiger partial charge >= 0.3 is 0 Å². The monoisotopic (exact) mass is 394 g/mol. The van der Waals surface area contributed by atoms with E-state index in [1.54, 1.807) is 18.5 Å². The third kappa shape index (κ3) is 5.51. The maximum absolute atomic E-state index is 11.4. The lowest BCUT2D eigenvalue weighted by Crippen LogP contribution is -2.37. The molecule has 1 saturated heterocycles. The van der Waals surface area contributed by atoms with Crippen LogP contribution in [0.2, 0.25) is 0 Å². The molecule has 3 heterocycles. The van der Waals surface area contributed by atoms with E-state index < -0.39 is 5.91 Å².